The second kappa shape index (κ2) is 6.82. The number of amides is 1. The van der Waals surface area contributed by atoms with Crippen molar-refractivity contribution in [1.29, 1.82) is 0 Å². The van der Waals surface area contributed by atoms with Gasteiger partial charge in [0.05, 0.1) is 5.92 Å². The topological polar surface area (TPSA) is 46.3 Å². The number of carbonyl (C=O) groups is 1. The van der Waals surface area contributed by atoms with Crippen molar-refractivity contribution < 1.29 is 4.79 Å². The molecule has 0 aliphatic carbocycles. The van der Waals surface area contributed by atoms with Crippen molar-refractivity contribution >= 4 is 5.91 Å². The van der Waals surface area contributed by atoms with E-state index in [1.807, 2.05) is 18.7 Å². The highest BCUT2D eigenvalue weighted by molar-refractivity contribution is 5.79. The lowest BCUT2D eigenvalue weighted by molar-refractivity contribution is -0.135. The molecular formula is C11H24N2O. The van der Waals surface area contributed by atoms with Gasteiger partial charge in [0.15, 0.2) is 0 Å². The fraction of sp³-hybridized carbons (Fsp3) is 0.909. The summed E-state index contributed by atoms with van der Waals surface area (Å²) in [5, 5.41) is 0. The van der Waals surface area contributed by atoms with Gasteiger partial charge in [0.2, 0.25) is 5.91 Å². The van der Waals surface area contributed by atoms with E-state index < -0.39 is 0 Å². The lowest BCUT2D eigenvalue weighted by atomic mass is 10.0. The van der Waals surface area contributed by atoms with Crippen molar-refractivity contribution in [2.45, 2.75) is 46.6 Å². The lowest BCUT2D eigenvalue weighted by Crippen LogP contribution is -2.42. The first kappa shape index (κ1) is 13.4. The van der Waals surface area contributed by atoms with Gasteiger partial charge in [-0.1, -0.05) is 20.8 Å². The zero-order chi connectivity index (χ0) is 11.1. The summed E-state index contributed by atoms with van der Waals surface area (Å²) in [5.74, 6) is 0.136. The zero-order valence-corrected chi connectivity index (χ0v) is 9.92. The van der Waals surface area contributed by atoms with Gasteiger partial charge in [0, 0.05) is 19.1 Å². The molecule has 2 unspecified atom stereocenters. The van der Waals surface area contributed by atoms with E-state index >= 15 is 0 Å². The number of carbonyl (C=O) groups excluding carboxylic acids is 1. The molecule has 3 heteroatoms. The molecule has 0 aliphatic heterocycles. The molecule has 0 aliphatic rings. The summed E-state index contributed by atoms with van der Waals surface area (Å²) in [6.07, 6.45) is 2.02. The average Bonchev–Trinajstić information content (AvgIpc) is 2.15. The lowest BCUT2D eigenvalue weighted by Gasteiger charge is -2.26. The second-order valence-corrected chi connectivity index (χ2v) is 3.97. The van der Waals surface area contributed by atoms with Crippen LogP contribution in [-0.2, 0) is 4.79 Å². The maximum atomic E-state index is 11.9. The monoisotopic (exact) mass is 200 g/mol. The van der Waals surface area contributed by atoms with Crippen LogP contribution >= 0.6 is 0 Å². The maximum Gasteiger partial charge on any atom is 0.226 e. The summed E-state index contributed by atoms with van der Waals surface area (Å²) >= 11 is 0. The number of nitrogens with two attached hydrogens (primary N) is 1. The van der Waals surface area contributed by atoms with E-state index in [0.717, 1.165) is 25.9 Å². The summed E-state index contributed by atoms with van der Waals surface area (Å²) in [6.45, 7) is 9.68. The van der Waals surface area contributed by atoms with E-state index in [9.17, 15) is 4.79 Å². The van der Waals surface area contributed by atoms with Crippen LogP contribution in [0.3, 0.4) is 0 Å². The van der Waals surface area contributed by atoms with Crippen LogP contribution in [0.5, 0.6) is 0 Å². The molecule has 0 rings (SSSR count). The van der Waals surface area contributed by atoms with Gasteiger partial charge in [-0.15, -0.1) is 0 Å². The van der Waals surface area contributed by atoms with Crippen LogP contribution in [0.2, 0.25) is 0 Å². The molecular weight excluding hydrogens is 176 g/mol. The molecule has 2 atom stereocenters. The predicted octanol–water partition coefficient (Wildman–Crippen LogP) is 1.62. The Labute approximate surface area is 87.6 Å². The fourth-order valence-corrected chi connectivity index (χ4v) is 1.38. The molecule has 0 fully saturated rings. The Balaban J connectivity index is 4.26. The van der Waals surface area contributed by atoms with Crippen molar-refractivity contribution in [3.8, 4) is 0 Å². The molecule has 0 saturated carbocycles. The Morgan fingerprint density at radius 1 is 1.21 bits per heavy atom. The van der Waals surface area contributed by atoms with Gasteiger partial charge in [0.25, 0.3) is 0 Å². The van der Waals surface area contributed by atoms with E-state index in [0.29, 0.717) is 0 Å². The first-order valence-corrected chi connectivity index (χ1v) is 5.58. The number of hydrogen-bond acceptors (Lipinski definition) is 2. The SMILES string of the molecule is CCCN(CCC)C(=O)C(C)C(C)N. The highest BCUT2D eigenvalue weighted by Crippen LogP contribution is 2.07. The summed E-state index contributed by atoms with van der Waals surface area (Å²) in [4.78, 5) is 13.8. The molecule has 0 aromatic carbocycles. The van der Waals surface area contributed by atoms with Gasteiger partial charge in [-0.2, -0.15) is 0 Å². The van der Waals surface area contributed by atoms with Gasteiger partial charge in [-0.3, -0.25) is 4.79 Å². The quantitative estimate of drug-likeness (QED) is 0.708. The van der Waals surface area contributed by atoms with Crippen molar-refractivity contribution in [2.75, 3.05) is 13.1 Å². The minimum absolute atomic E-state index is 0.0567. The molecule has 0 saturated heterocycles. The Morgan fingerprint density at radius 3 is 1.93 bits per heavy atom. The van der Waals surface area contributed by atoms with Gasteiger partial charge in [0.1, 0.15) is 0 Å². The minimum Gasteiger partial charge on any atom is -0.342 e. The van der Waals surface area contributed by atoms with Gasteiger partial charge >= 0.3 is 0 Å². The molecule has 0 aromatic heterocycles. The second-order valence-electron chi connectivity index (χ2n) is 3.97. The number of rotatable bonds is 6. The average molecular weight is 200 g/mol. The molecule has 14 heavy (non-hydrogen) atoms. The smallest absolute Gasteiger partial charge is 0.226 e. The van der Waals surface area contributed by atoms with Crippen LogP contribution in [0.4, 0.5) is 0 Å². The molecule has 0 radical (unpaired) electrons. The summed E-state index contributed by atoms with van der Waals surface area (Å²) in [7, 11) is 0. The minimum atomic E-state index is -0.0619. The highest BCUT2D eigenvalue weighted by atomic mass is 16.2. The normalized spacial score (nSPS) is 14.9. The van der Waals surface area contributed by atoms with E-state index in [1.165, 1.54) is 0 Å². The standard InChI is InChI=1S/C11H24N2O/c1-5-7-13(8-6-2)11(14)9(3)10(4)12/h9-10H,5-8,12H2,1-4H3. The molecule has 0 heterocycles. The molecule has 3 nitrogen and oxygen atoms in total. The van der Waals surface area contributed by atoms with Gasteiger partial charge in [-0.05, 0) is 19.8 Å². The molecule has 2 N–H and O–H groups in total. The van der Waals surface area contributed by atoms with Crippen molar-refractivity contribution in [2.24, 2.45) is 11.7 Å². The molecule has 0 aromatic rings. The third-order valence-corrected chi connectivity index (χ3v) is 2.48. The first-order chi connectivity index (χ1) is 6.54. The summed E-state index contributed by atoms with van der Waals surface area (Å²) in [5.41, 5.74) is 5.72. The van der Waals surface area contributed by atoms with Gasteiger partial charge in [-0.25, -0.2) is 0 Å². The van der Waals surface area contributed by atoms with Crippen LogP contribution in [0.15, 0.2) is 0 Å². The molecule has 0 spiro atoms. The Bertz CT molecular complexity index is 163. The number of hydrogen-bond donors (Lipinski definition) is 1. The van der Waals surface area contributed by atoms with E-state index in [2.05, 4.69) is 13.8 Å². The highest BCUT2D eigenvalue weighted by Gasteiger charge is 2.21. The molecule has 0 bridgehead atoms. The number of nitrogens with zero attached hydrogens (tertiary/aromatic N) is 1. The molecule has 1 amide bonds. The van der Waals surface area contributed by atoms with Crippen molar-refractivity contribution in [1.82, 2.24) is 4.90 Å². The van der Waals surface area contributed by atoms with Crippen LogP contribution in [0.25, 0.3) is 0 Å². The van der Waals surface area contributed by atoms with E-state index in [1.54, 1.807) is 0 Å². The summed E-state index contributed by atoms with van der Waals surface area (Å²) < 4.78 is 0. The summed E-state index contributed by atoms with van der Waals surface area (Å²) in [6, 6.07) is -0.0567. The third-order valence-electron chi connectivity index (χ3n) is 2.48. The molecule has 84 valence electrons. The van der Waals surface area contributed by atoms with Crippen molar-refractivity contribution in [3.05, 3.63) is 0 Å². The van der Waals surface area contributed by atoms with Crippen molar-refractivity contribution in [3.63, 3.8) is 0 Å². The van der Waals surface area contributed by atoms with Crippen LogP contribution < -0.4 is 5.73 Å². The Morgan fingerprint density at radius 2 is 1.64 bits per heavy atom. The largest absolute Gasteiger partial charge is 0.342 e. The van der Waals surface area contributed by atoms with E-state index in [-0.39, 0.29) is 17.9 Å². The third kappa shape index (κ3) is 4.09. The predicted molar refractivity (Wildman–Crippen MR) is 60.0 cm³/mol. The Kier molecular flexibility index (Phi) is 6.54. The zero-order valence-electron chi connectivity index (χ0n) is 9.92. The first-order valence-electron chi connectivity index (χ1n) is 5.58. The van der Waals surface area contributed by atoms with Crippen LogP contribution in [0, 0.1) is 5.92 Å². The Hall–Kier alpha value is -0.570. The van der Waals surface area contributed by atoms with Gasteiger partial charge < -0.3 is 10.6 Å². The van der Waals surface area contributed by atoms with Crippen LogP contribution in [0.1, 0.15) is 40.5 Å². The maximum absolute atomic E-state index is 11.9. The van der Waals surface area contributed by atoms with Crippen LogP contribution in [-0.4, -0.2) is 29.9 Å². The fourth-order valence-electron chi connectivity index (χ4n) is 1.38. The van der Waals surface area contributed by atoms with E-state index in [4.69, 9.17) is 5.73 Å².